The lowest BCUT2D eigenvalue weighted by Crippen LogP contribution is -2.34. The van der Waals surface area contributed by atoms with Crippen LogP contribution in [0.2, 0.25) is 0 Å². The number of carbonyl (C=O) groups excluding carboxylic acids is 2. The Bertz CT molecular complexity index is 905. The predicted molar refractivity (Wildman–Crippen MR) is 123 cm³/mol. The van der Waals surface area contributed by atoms with Crippen molar-refractivity contribution in [1.82, 2.24) is 14.7 Å². The zero-order chi connectivity index (χ0) is 22.1. The lowest BCUT2D eigenvalue weighted by molar-refractivity contribution is -0.119. The first-order valence-corrected chi connectivity index (χ1v) is 11.5. The molecular formula is C22H32N4O3S. The Kier molecular flexibility index (Phi) is 9.23. The van der Waals surface area contributed by atoms with Crippen LogP contribution in [-0.2, 0) is 16.6 Å². The van der Waals surface area contributed by atoms with E-state index in [1.165, 1.54) is 22.9 Å². The fourth-order valence-electron chi connectivity index (χ4n) is 3.21. The molecule has 7 nitrogen and oxygen atoms in total. The van der Waals surface area contributed by atoms with Crippen molar-refractivity contribution in [3.05, 3.63) is 46.4 Å². The number of anilines is 1. The van der Waals surface area contributed by atoms with Crippen molar-refractivity contribution in [2.24, 2.45) is 7.05 Å². The summed E-state index contributed by atoms with van der Waals surface area (Å²) in [4.78, 5) is 37.2. The first kappa shape index (κ1) is 23.8. The second-order valence-electron chi connectivity index (χ2n) is 7.44. The van der Waals surface area contributed by atoms with Gasteiger partial charge in [0, 0.05) is 13.1 Å². The summed E-state index contributed by atoms with van der Waals surface area (Å²) in [5, 5.41) is 5.67. The number of nitrogens with one attached hydrogen (secondary N) is 2. The van der Waals surface area contributed by atoms with Crippen LogP contribution in [0.1, 0.15) is 45.2 Å². The van der Waals surface area contributed by atoms with E-state index in [1.54, 1.807) is 18.7 Å². The molecule has 0 aliphatic rings. The molecule has 0 spiro atoms. The summed E-state index contributed by atoms with van der Waals surface area (Å²) in [7, 11) is 1.78. The molecule has 0 aliphatic heterocycles. The predicted octanol–water partition coefficient (Wildman–Crippen LogP) is 3.24. The van der Waals surface area contributed by atoms with Crippen molar-refractivity contribution in [3.63, 3.8) is 0 Å². The van der Waals surface area contributed by atoms with Crippen molar-refractivity contribution in [1.29, 1.82) is 0 Å². The van der Waals surface area contributed by atoms with Gasteiger partial charge in [0.25, 0.3) is 5.56 Å². The summed E-state index contributed by atoms with van der Waals surface area (Å²) in [6.45, 7) is 5.94. The van der Waals surface area contributed by atoms with Crippen LogP contribution in [0, 0.1) is 6.92 Å². The second kappa shape index (κ2) is 11.6. The van der Waals surface area contributed by atoms with E-state index < -0.39 is 0 Å². The number of rotatable bonds is 11. The van der Waals surface area contributed by atoms with Gasteiger partial charge in [-0.1, -0.05) is 44.4 Å². The van der Waals surface area contributed by atoms with E-state index in [0.717, 1.165) is 24.9 Å². The van der Waals surface area contributed by atoms with Crippen molar-refractivity contribution in [3.8, 4) is 5.69 Å². The molecule has 1 heterocycles. The van der Waals surface area contributed by atoms with Crippen LogP contribution in [0.5, 0.6) is 0 Å². The van der Waals surface area contributed by atoms with E-state index in [9.17, 15) is 14.4 Å². The summed E-state index contributed by atoms with van der Waals surface area (Å²) in [6, 6.07) is 9.41. The Morgan fingerprint density at radius 2 is 1.77 bits per heavy atom. The van der Waals surface area contributed by atoms with Gasteiger partial charge in [-0.3, -0.25) is 19.1 Å². The molecule has 2 amide bonds. The van der Waals surface area contributed by atoms with Gasteiger partial charge in [0.2, 0.25) is 11.8 Å². The molecule has 1 aromatic carbocycles. The van der Waals surface area contributed by atoms with E-state index in [-0.39, 0.29) is 40.6 Å². The SMILES string of the molecule is CCCCCC(C)NC(=O)CSCC(=O)Nc1c(C)n(C)n(-c2ccccc2)c1=O. The molecule has 2 aromatic rings. The molecule has 0 aliphatic carbocycles. The number of benzene rings is 1. The Labute approximate surface area is 182 Å². The van der Waals surface area contributed by atoms with Crippen molar-refractivity contribution >= 4 is 29.3 Å². The molecule has 0 saturated heterocycles. The van der Waals surface area contributed by atoms with Crippen LogP contribution >= 0.6 is 11.8 Å². The number of unbranched alkanes of at least 4 members (excludes halogenated alkanes) is 2. The number of thioether (sulfide) groups is 1. The minimum absolute atomic E-state index is 0.0703. The minimum atomic E-state index is -0.296. The quantitative estimate of drug-likeness (QED) is 0.534. The highest BCUT2D eigenvalue weighted by Crippen LogP contribution is 2.14. The third-order valence-electron chi connectivity index (χ3n) is 4.93. The van der Waals surface area contributed by atoms with Crippen LogP contribution in [-0.4, -0.2) is 38.7 Å². The largest absolute Gasteiger partial charge is 0.353 e. The van der Waals surface area contributed by atoms with Crippen LogP contribution in [0.4, 0.5) is 5.69 Å². The maximum Gasteiger partial charge on any atom is 0.295 e. The van der Waals surface area contributed by atoms with Gasteiger partial charge < -0.3 is 10.6 Å². The monoisotopic (exact) mass is 432 g/mol. The lowest BCUT2D eigenvalue weighted by atomic mass is 10.1. The van der Waals surface area contributed by atoms with Gasteiger partial charge >= 0.3 is 0 Å². The van der Waals surface area contributed by atoms with E-state index in [1.807, 2.05) is 37.3 Å². The van der Waals surface area contributed by atoms with Gasteiger partial charge in [0.05, 0.1) is 22.9 Å². The molecule has 1 aromatic heterocycles. The molecular weight excluding hydrogens is 400 g/mol. The number of hydrogen-bond acceptors (Lipinski definition) is 4. The molecule has 2 rings (SSSR count). The molecule has 8 heteroatoms. The highest BCUT2D eigenvalue weighted by Gasteiger charge is 2.18. The Balaban J connectivity index is 1.87. The Morgan fingerprint density at radius 1 is 1.10 bits per heavy atom. The zero-order valence-electron chi connectivity index (χ0n) is 18.2. The van der Waals surface area contributed by atoms with E-state index in [0.29, 0.717) is 5.69 Å². The first-order valence-electron chi connectivity index (χ1n) is 10.4. The third kappa shape index (κ3) is 6.52. The van der Waals surface area contributed by atoms with Gasteiger partial charge in [-0.15, -0.1) is 11.8 Å². The molecule has 1 atom stereocenters. The van der Waals surface area contributed by atoms with Gasteiger partial charge in [-0.2, -0.15) is 0 Å². The Morgan fingerprint density at radius 3 is 2.43 bits per heavy atom. The molecule has 0 radical (unpaired) electrons. The van der Waals surface area contributed by atoms with Gasteiger partial charge in [0.15, 0.2) is 0 Å². The van der Waals surface area contributed by atoms with Crippen molar-refractivity contribution in [2.75, 3.05) is 16.8 Å². The highest BCUT2D eigenvalue weighted by molar-refractivity contribution is 8.00. The molecule has 2 N–H and O–H groups in total. The summed E-state index contributed by atoms with van der Waals surface area (Å²) in [6.07, 6.45) is 4.39. The number of nitrogens with zero attached hydrogens (tertiary/aromatic N) is 2. The second-order valence-corrected chi connectivity index (χ2v) is 8.43. The maximum absolute atomic E-state index is 12.8. The van der Waals surface area contributed by atoms with Crippen molar-refractivity contribution in [2.45, 2.75) is 52.5 Å². The van der Waals surface area contributed by atoms with E-state index in [2.05, 4.69) is 17.6 Å². The number of hydrogen-bond donors (Lipinski definition) is 2. The zero-order valence-corrected chi connectivity index (χ0v) is 19.1. The molecule has 1 unspecified atom stereocenters. The average molecular weight is 433 g/mol. The number of amides is 2. The summed E-state index contributed by atoms with van der Waals surface area (Å²) >= 11 is 1.24. The fourth-order valence-corrected chi connectivity index (χ4v) is 3.84. The standard InChI is InChI=1S/C22H32N4O3S/c1-5-6-8-11-16(2)23-19(27)14-30-15-20(28)24-21-17(3)25(4)26(22(21)29)18-12-9-7-10-13-18/h7,9-10,12-13,16H,5-6,8,11,14-15H2,1-4H3,(H,23,27)(H,24,28). The first-order chi connectivity index (χ1) is 14.3. The Hall–Kier alpha value is -2.48. The molecule has 0 saturated carbocycles. The van der Waals surface area contributed by atoms with Crippen LogP contribution in [0.25, 0.3) is 5.69 Å². The third-order valence-corrected chi connectivity index (χ3v) is 5.87. The van der Waals surface area contributed by atoms with Gasteiger partial charge in [-0.25, -0.2) is 4.68 Å². The summed E-state index contributed by atoms with van der Waals surface area (Å²) < 4.78 is 3.24. The smallest absolute Gasteiger partial charge is 0.295 e. The number of carbonyl (C=O) groups is 2. The highest BCUT2D eigenvalue weighted by atomic mass is 32.2. The summed E-state index contributed by atoms with van der Waals surface area (Å²) in [5.74, 6) is -0.0430. The van der Waals surface area contributed by atoms with Gasteiger partial charge in [-0.05, 0) is 32.4 Å². The fraction of sp³-hybridized carbons (Fsp3) is 0.500. The molecule has 0 fully saturated rings. The van der Waals surface area contributed by atoms with E-state index >= 15 is 0 Å². The van der Waals surface area contributed by atoms with Crippen LogP contribution in [0.15, 0.2) is 35.1 Å². The van der Waals surface area contributed by atoms with E-state index in [4.69, 9.17) is 0 Å². The number of aromatic nitrogens is 2. The van der Waals surface area contributed by atoms with Crippen LogP contribution < -0.4 is 16.2 Å². The lowest BCUT2D eigenvalue weighted by Gasteiger charge is -2.13. The average Bonchev–Trinajstić information content (AvgIpc) is 2.92. The van der Waals surface area contributed by atoms with Crippen molar-refractivity contribution < 1.29 is 9.59 Å². The topological polar surface area (TPSA) is 85.1 Å². The summed E-state index contributed by atoms with van der Waals surface area (Å²) in [5.41, 5.74) is 1.38. The van der Waals surface area contributed by atoms with Gasteiger partial charge in [0.1, 0.15) is 5.69 Å². The normalized spacial score (nSPS) is 11.9. The molecule has 0 bridgehead atoms. The molecule has 30 heavy (non-hydrogen) atoms. The van der Waals surface area contributed by atoms with Crippen LogP contribution in [0.3, 0.4) is 0 Å². The minimum Gasteiger partial charge on any atom is -0.353 e. The maximum atomic E-state index is 12.8. The molecule has 164 valence electrons. The number of para-hydroxylation sites is 1.